The molecule has 1 N–H and O–H groups in total. The largest absolute Gasteiger partial charge is 0.362 e. The van der Waals surface area contributed by atoms with E-state index in [9.17, 15) is 0 Å². The molecule has 0 saturated carbocycles. The van der Waals surface area contributed by atoms with Crippen molar-refractivity contribution in [2.75, 3.05) is 25.5 Å². The Balaban J connectivity index is 2.94. The second-order valence-electron chi connectivity index (χ2n) is 3.59. The lowest BCUT2D eigenvalue weighted by Gasteiger charge is -2.20. The quantitative estimate of drug-likeness (QED) is 0.790. The molecule has 0 radical (unpaired) electrons. The Bertz CT molecular complexity index is 284. The summed E-state index contributed by atoms with van der Waals surface area (Å²) in [7, 11) is 4.04. The molecule has 14 heavy (non-hydrogen) atoms. The zero-order valence-corrected chi connectivity index (χ0v) is 9.41. The summed E-state index contributed by atoms with van der Waals surface area (Å²) < 4.78 is 0. The number of hydrogen-bond donors (Lipinski definition) is 1. The first kappa shape index (κ1) is 11.0. The predicted molar refractivity (Wildman–Crippen MR) is 60.7 cm³/mol. The van der Waals surface area contributed by atoms with E-state index >= 15 is 0 Å². The number of rotatable bonds is 4. The summed E-state index contributed by atoms with van der Waals surface area (Å²) in [5.74, 6) is 1.04. The van der Waals surface area contributed by atoms with Gasteiger partial charge in [-0.15, -0.1) is 0 Å². The minimum absolute atomic E-state index is 0.353. The van der Waals surface area contributed by atoms with Crippen LogP contribution >= 0.6 is 0 Å². The number of nitrogens with one attached hydrogen (secondary N) is 1. The van der Waals surface area contributed by atoms with Gasteiger partial charge >= 0.3 is 0 Å². The smallest absolute Gasteiger partial charge is 0.132 e. The topological polar surface area (TPSA) is 28.2 Å². The van der Waals surface area contributed by atoms with E-state index in [-0.39, 0.29) is 0 Å². The summed E-state index contributed by atoms with van der Waals surface area (Å²) in [6.45, 7) is 5.25. The van der Waals surface area contributed by atoms with Gasteiger partial charge in [0.1, 0.15) is 5.82 Å². The maximum absolute atomic E-state index is 4.37. The van der Waals surface area contributed by atoms with Crippen LogP contribution < -0.4 is 10.2 Å². The number of pyridine rings is 1. The molecule has 1 rings (SSSR count). The second-order valence-corrected chi connectivity index (χ2v) is 3.59. The first-order valence-electron chi connectivity index (χ1n) is 5.02. The summed E-state index contributed by atoms with van der Waals surface area (Å²) in [5, 5.41) is 3.39. The molecule has 1 heterocycles. The molecule has 1 aromatic rings. The third kappa shape index (κ3) is 2.45. The molecular formula is C11H19N3. The van der Waals surface area contributed by atoms with Crippen molar-refractivity contribution in [3.8, 4) is 0 Å². The highest BCUT2D eigenvalue weighted by Gasteiger charge is 2.10. The van der Waals surface area contributed by atoms with Gasteiger partial charge in [-0.3, -0.25) is 0 Å². The van der Waals surface area contributed by atoms with E-state index in [0.717, 1.165) is 12.4 Å². The van der Waals surface area contributed by atoms with Crippen molar-refractivity contribution in [2.24, 2.45) is 0 Å². The van der Waals surface area contributed by atoms with Gasteiger partial charge in [-0.2, -0.15) is 0 Å². The van der Waals surface area contributed by atoms with Crippen LogP contribution in [-0.4, -0.2) is 25.6 Å². The van der Waals surface area contributed by atoms with Gasteiger partial charge in [0.2, 0.25) is 0 Å². The Kier molecular flexibility index (Phi) is 3.89. The highest BCUT2D eigenvalue weighted by Crippen LogP contribution is 2.21. The van der Waals surface area contributed by atoms with Crippen molar-refractivity contribution < 1.29 is 0 Å². The predicted octanol–water partition coefficient (Wildman–Crippen LogP) is 1.82. The zero-order valence-electron chi connectivity index (χ0n) is 9.41. The van der Waals surface area contributed by atoms with E-state index in [2.05, 4.69) is 30.2 Å². The van der Waals surface area contributed by atoms with E-state index in [0.29, 0.717) is 6.04 Å². The van der Waals surface area contributed by atoms with Crippen molar-refractivity contribution >= 4 is 5.82 Å². The molecule has 78 valence electrons. The van der Waals surface area contributed by atoms with Gasteiger partial charge in [0, 0.05) is 31.9 Å². The fraction of sp³-hybridized carbons (Fsp3) is 0.545. The fourth-order valence-corrected chi connectivity index (χ4v) is 1.54. The molecule has 1 unspecified atom stereocenters. The number of hydrogen-bond acceptors (Lipinski definition) is 3. The van der Waals surface area contributed by atoms with Gasteiger partial charge in [-0.05, 0) is 19.5 Å². The molecule has 0 aromatic carbocycles. The molecule has 0 spiro atoms. The van der Waals surface area contributed by atoms with Gasteiger partial charge in [0.25, 0.3) is 0 Å². The lowest BCUT2D eigenvalue weighted by atomic mass is 10.1. The molecule has 0 amide bonds. The monoisotopic (exact) mass is 193 g/mol. The van der Waals surface area contributed by atoms with Crippen molar-refractivity contribution in [1.82, 2.24) is 10.3 Å². The van der Waals surface area contributed by atoms with E-state index in [4.69, 9.17) is 0 Å². The van der Waals surface area contributed by atoms with Crippen LogP contribution in [0.3, 0.4) is 0 Å². The number of anilines is 1. The Morgan fingerprint density at radius 1 is 1.50 bits per heavy atom. The van der Waals surface area contributed by atoms with Crippen molar-refractivity contribution in [1.29, 1.82) is 0 Å². The van der Waals surface area contributed by atoms with E-state index in [1.807, 2.05) is 31.3 Å². The van der Waals surface area contributed by atoms with Gasteiger partial charge in [0.15, 0.2) is 0 Å². The number of nitrogens with zero attached hydrogens (tertiary/aromatic N) is 2. The molecule has 0 fully saturated rings. The standard InChI is InChI=1S/C11H19N3/c1-5-12-9(2)10-7-6-8-13-11(10)14(3)4/h6-9,12H,5H2,1-4H3. The SMILES string of the molecule is CCNC(C)c1cccnc1N(C)C. The Morgan fingerprint density at radius 3 is 2.79 bits per heavy atom. The van der Waals surface area contributed by atoms with Gasteiger partial charge in [0.05, 0.1) is 0 Å². The van der Waals surface area contributed by atoms with Crippen LogP contribution in [0.25, 0.3) is 0 Å². The minimum atomic E-state index is 0.353. The average Bonchev–Trinajstić information content (AvgIpc) is 2.18. The van der Waals surface area contributed by atoms with Gasteiger partial charge in [-0.25, -0.2) is 4.98 Å². The molecule has 1 aromatic heterocycles. The molecule has 0 aliphatic carbocycles. The van der Waals surface area contributed by atoms with Crippen LogP contribution in [0.2, 0.25) is 0 Å². The van der Waals surface area contributed by atoms with Crippen LogP contribution in [0.15, 0.2) is 18.3 Å². The third-order valence-electron chi connectivity index (χ3n) is 2.22. The molecular weight excluding hydrogens is 174 g/mol. The summed E-state index contributed by atoms with van der Waals surface area (Å²) in [5.41, 5.74) is 1.25. The highest BCUT2D eigenvalue weighted by molar-refractivity contribution is 5.46. The molecule has 1 atom stereocenters. The molecule has 3 nitrogen and oxygen atoms in total. The Hall–Kier alpha value is -1.09. The maximum Gasteiger partial charge on any atom is 0.132 e. The summed E-state index contributed by atoms with van der Waals surface area (Å²) >= 11 is 0. The Morgan fingerprint density at radius 2 is 2.21 bits per heavy atom. The van der Waals surface area contributed by atoms with Crippen molar-refractivity contribution in [3.05, 3.63) is 23.9 Å². The molecule has 0 saturated heterocycles. The average molecular weight is 193 g/mol. The second kappa shape index (κ2) is 4.96. The normalized spacial score (nSPS) is 12.6. The summed E-state index contributed by atoms with van der Waals surface area (Å²) in [6.07, 6.45) is 1.83. The zero-order chi connectivity index (χ0) is 10.6. The third-order valence-corrected chi connectivity index (χ3v) is 2.22. The van der Waals surface area contributed by atoms with Gasteiger partial charge in [-0.1, -0.05) is 13.0 Å². The molecule has 3 heteroatoms. The van der Waals surface area contributed by atoms with Gasteiger partial charge < -0.3 is 10.2 Å². The first-order valence-corrected chi connectivity index (χ1v) is 5.02. The number of aromatic nitrogens is 1. The van der Waals surface area contributed by atoms with E-state index in [1.165, 1.54) is 5.56 Å². The van der Waals surface area contributed by atoms with Crippen LogP contribution in [-0.2, 0) is 0 Å². The van der Waals surface area contributed by atoms with E-state index in [1.54, 1.807) is 0 Å². The first-order chi connectivity index (χ1) is 6.66. The summed E-state index contributed by atoms with van der Waals surface area (Å²) in [6, 6.07) is 4.46. The van der Waals surface area contributed by atoms with Crippen LogP contribution in [0, 0.1) is 0 Å². The van der Waals surface area contributed by atoms with E-state index < -0.39 is 0 Å². The minimum Gasteiger partial charge on any atom is -0.362 e. The molecule has 0 aliphatic rings. The lowest BCUT2D eigenvalue weighted by molar-refractivity contribution is 0.596. The molecule has 0 aliphatic heterocycles. The van der Waals surface area contributed by atoms with Crippen LogP contribution in [0.4, 0.5) is 5.82 Å². The lowest BCUT2D eigenvalue weighted by Crippen LogP contribution is -2.21. The fourth-order valence-electron chi connectivity index (χ4n) is 1.54. The summed E-state index contributed by atoms with van der Waals surface area (Å²) in [4.78, 5) is 6.41. The maximum atomic E-state index is 4.37. The molecule has 0 bridgehead atoms. The van der Waals surface area contributed by atoms with Crippen LogP contribution in [0.5, 0.6) is 0 Å². The van der Waals surface area contributed by atoms with Crippen molar-refractivity contribution in [2.45, 2.75) is 19.9 Å². The van der Waals surface area contributed by atoms with Crippen LogP contribution in [0.1, 0.15) is 25.5 Å². The highest BCUT2D eigenvalue weighted by atomic mass is 15.1. The van der Waals surface area contributed by atoms with Crippen molar-refractivity contribution in [3.63, 3.8) is 0 Å². The Labute approximate surface area is 86.2 Å².